The fourth-order valence-electron chi connectivity index (χ4n) is 2.86. The summed E-state index contributed by atoms with van der Waals surface area (Å²) < 4.78 is 51.7. The number of epoxide rings is 1. The maximum absolute atomic E-state index is 12.8. The van der Waals surface area contributed by atoms with Crippen LogP contribution in [0.1, 0.15) is 26.7 Å². The van der Waals surface area contributed by atoms with Gasteiger partial charge in [-0.2, -0.15) is 0 Å². The predicted molar refractivity (Wildman–Crippen MR) is 77.4 cm³/mol. The lowest BCUT2D eigenvalue weighted by Gasteiger charge is -2.30. The van der Waals surface area contributed by atoms with Crippen LogP contribution in [0.5, 0.6) is 0 Å². The van der Waals surface area contributed by atoms with Gasteiger partial charge in [0.25, 0.3) is 0 Å². The molecule has 1 aliphatic carbocycles. The molecule has 2 rings (SSSR count). The van der Waals surface area contributed by atoms with Crippen molar-refractivity contribution < 1.29 is 32.0 Å². The molecule has 1 aliphatic heterocycles. The van der Waals surface area contributed by atoms with Crippen LogP contribution in [0.15, 0.2) is 10.6 Å². The summed E-state index contributed by atoms with van der Waals surface area (Å²) >= 11 is 0. The van der Waals surface area contributed by atoms with Gasteiger partial charge in [-0.05, 0) is 13.8 Å². The Hall–Kier alpha value is -0.0000000000000000694. The van der Waals surface area contributed by atoms with Gasteiger partial charge in [0.05, 0.1) is 21.8 Å². The second kappa shape index (κ2) is 5.27. The molecule has 7 nitrogen and oxygen atoms in total. The van der Waals surface area contributed by atoms with Gasteiger partial charge in [0.15, 0.2) is 0 Å². The standard InChI is InChI=1S/C12H22O7P2/c1-11-7-9(20(13,15-3)16-4)10(8-12(11,2)19-11)21(14,17-5)18-6/h7-8H2,1-6H3. The van der Waals surface area contributed by atoms with E-state index in [0.29, 0.717) is 23.5 Å². The Morgan fingerprint density at radius 1 is 0.810 bits per heavy atom. The zero-order valence-electron chi connectivity index (χ0n) is 13.2. The Morgan fingerprint density at radius 3 is 1.33 bits per heavy atom. The molecule has 9 heteroatoms. The Labute approximate surface area is 125 Å². The van der Waals surface area contributed by atoms with Crippen molar-refractivity contribution >= 4 is 15.2 Å². The van der Waals surface area contributed by atoms with Crippen molar-refractivity contribution in [2.45, 2.75) is 37.9 Å². The lowest BCUT2D eigenvalue weighted by atomic mass is 9.86. The van der Waals surface area contributed by atoms with E-state index >= 15 is 0 Å². The summed E-state index contributed by atoms with van der Waals surface area (Å²) in [5.41, 5.74) is -0.935. The third-order valence-corrected chi connectivity index (χ3v) is 8.77. The molecule has 21 heavy (non-hydrogen) atoms. The second-order valence-corrected chi connectivity index (χ2v) is 10.1. The smallest absolute Gasteiger partial charge is 0.357 e. The number of hydrogen-bond acceptors (Lipinski definition) is 7. The maximum atomic E-state index is 12.8. The van der Waals surface area contributed by atoms with Crippen LogP contribution in [0.25, 0.3) is 0 Å². The largest absolute Gasteiger partial charge is 0.362 e. The minimum atomic E-state index is -3.55. The molecule has 2 unspecified atom stereocenters. The van der Waals surface area contributed by atoms with E-state index in [4.69, 9.17) is 22.8 Å². The molecule has 2 atom stereocenters. The highest BCUT2D eigenvalue weighted by Crippen LogP contribution is 2.74. The van der Waals surface area contributed by atoms with Gasteiger partial charge in [0.1, 0.15) is 0 Å². The molecule has 0 amide bonds. The Balaban J connectivity index is 2.61. The van der Waals surface area contributed by atoms with Crippen molar-refractivity contribution in [2.75, 3.05) is 28.4 Å². The SMILES string of the molecule is COP(=O)(OC)C1=C(P(=O)(OC)OC)CC2(C)OC2(C)C1. The summed E-state index contributed by atoms with van der Waals surface area (Å²) in [4.78, 5) is 0. The minimum absolute atomic E-state index is 0.300. The molecule has 0 spiro atoms. The van der Waals surface area contributed by atoms with Crippen LogP contribution in [0.4, 0.5) is 0 Å². The van der Waals surface area contributed by atoms with Crippen LogP contribution in [0.2, 0.25) is 0 Å². The van der Waals surface area contributed by atoms with Crippen LogP contribution in [-0.2, 0) is 32.0 Å². The van der Waals surface area contributed by atoms with Gasteiger partial charge in [-0.15, -0.1) is 0 Å². The number of fused-ring (bicyclic) bond motifs is 1. The average Bonchev–Trinajstić information content (AvgIpc) is 3.05. The normalized spacial score (nSPS) is 33.0. The van der Waals surface area contributed by atoms with Gasteiger partial charge in [-0.1, -0.05) is 0 Å². The quantitative estimate of drug-likeness (QED) is 0.540. The molecule has 1 heterocycles. The summed E-state index contributed by atoms with van der Waals surface area (Å²) in [5, 5.41) is 0.661. The van der Waals surface area contributed by atoms with Crippen LogP contribution in [0, 0.1) is 0 Å². The van der Waals surface area contributed by atoms with Gasteiger partial charge in [0, 0.05) is 41.3 Å². The molecular weight excluding hydrogens is 318 g/mol. The minimum Gasteiger partial charge on any atom is -0.362 e. The number of hydrogen-bond donors (Lipinski definition) is 0. The molecule has 0 aromatic rings. The average molecular weight is 340 g/mol. The Kier molecular flexibility index (Phi) is 4.36. The lowest BCUT2D eigenvalue weighted by Crippen LogP contribution is -2.27. The van der Waals surface area contributed by atoms with E-state index < -0.39 is 26.4 Å². The first-order valence-corrected chi connectivity index (χ1v) is 9.58. The van der Waals surface area contributed by atoms with E-state index in [9.17, 15) is 9.13 Å². The van der Waals surface area contributed by atoms with Gasteiger partial charge >= 0.3 is 15.2 Å². The zero-order chi connectivity index (χ0) is 16.1. The van der Waals surface area contributed by atoms with Crippen LogP contribution >= 0.6 is 15.2 Å². The molecule has 0 aromatic heterocycles. The molecule has 1 fully saturated rings. The van der Waals surface area contributed by atoms with E-state index in [1.165, 1.54) is 28.4 Å². The first-order valence-electron chi connectivity index (χ1n) is 6.50. The molecule has 0 saturated carbocycles. The summed E-state index contributed by atoms with van der Waals surface area (Å²) in [6, 6.07) is 0. The Morgan fingerprint density at radius 2 is 1.10 bits per heavy atom. The van der Waals surface area contributed by atoms with Crippen molar-refractivity contribution in [3.63, 3.8) is 0 Å². The highest BCUT2D eigenvalue weighted by molar-refractivity contribution is 7.62. The van der Waals surface area contributed by atoms with E-state index in [0.717, 1.165) is 0 Å². The highest BCUT2D eigenvalue weighted by atomic mass is 31.2. The first-order chi connectivity index (χ1) is 9.63. The fraction of sp³-hybridized carbons (Fsp3) is 0.833. The van der Waals surface area contributed by atoms with Gasteiger partial charge < -0.3 is 22.8 Å². The molecule has 2 aliphatic rings. The van der Waals surface area contributed by atoms with Crippen molar-refractivity contribution in [1.29, 1.82) is 0 Å². The molecule has 0 aromatic carbocycles. The fourth-order valence-corrected chi connectivity index (χ4v) is 6.56. The zero-order valence-corrected chi connectivity index (χ0v) is 15.0. The highest BCUT2D eigenvalue weighted by Gasteiger charge is 2.68. The molecule has 0 N–H and O–H groups in total. The summed E-state index contributed by atoms with van der Waals surface area (Å²) in [6.07, 6.45) is 0.600. The summed E-state index contributed by atoms with van der Waals surface area (Å²) in [6.45, 7) is 3.84. The van der Waals surface area contributed by atoms with Gasteiger partial charge in [-0.25, -0.2) is 0 Å². The number of rotatable bonds is 6. The first kappa shape index (κ1) is 17.4. The molecule has 0 radical (unpaired) electrons. The van der Waals surface area contributed by atoms with Crippen LogP contribution in [-0.4, -0.2) is 39.6 Å². The van der Waals surface area contributed by atoms with E-state index in [-0.39, 0.29) is 0 Å². The molecule has 0 bridgehead atoms. The van der Waals surface area contributed by atoms with Crippen molar-refractivity contribution in [1.82, 2.24) is 0 Å². The number of ether oxygens (including phenoxy) is 1. The van der Waals surface area contributed by atoms with Crippen molar-refractivity contribution in [3.05, 3.63) is 10.6 Å². The van der Waals surface area contributed by atoms with Crippen LogP contribution < -0.4 is 0 Å². The van der Waals surface area contributed by atoms with E-state index in [1.54, 1.807) is 0 Å². The third kappa shape index (κ3) is 2.49. The molecule has 1 saturated heterocycles. The van der Waals surface area contributed by atoms with E-state index in [2.05, 4.69) is 0 Å². The van der Waals surface area contributed by atoms with Crippen molar-refractivity contribution in [2.24, 2.45) is 0 Å². The topological polar surface area (TPSA) is 83.6 Å². The Bertz CT molecular complexity index is 508. The third-order valence-electron chi connectivity index (χ3n) is 4.49. The second-order valence-electron chi connectivity index (χ2n) is 5.54. The molecular formula is C12H22O7P2. The van der Waals surface area contributed by atoms with Gasteiger partial charge in [-0.3, -0.25) is 9.13 Å². The van der Waals surface area contributed by atoms with E-state index in [1.807, 2.05) is 13.8 Å². The maximum Gasteiger partial charge on any atom is 0.357 e. The van der Waals surface area contributed by atoms with Crippen LogP contribution in [0.3, 0.4) is 0 Å². The van der Waals surface area contributed by atoms with Crippen molar-refractivity contribution in [3.8, 4) is 0 Å². The van der Waals surface area contributed by atoms with Gasteiger partial charge in [0.2, 0.25) is 0 Å². The monoisotopic (exact) mass is 340 g/mol. The lowest BCUT2D eigenvalue weighted by molar-refractivity contribution is 0.271. The molecule has 122 valence electrons. The summed E-state index contributed by atoms with van der Waals surface area (Å²) in [5.74, 6) is 0. The summed E-state index contributed by atoms with van der Waals surface area (Å²) in [7, 11) is -1.92. The predicted octanol–water partition coefficient (Wildman–Crippen LogP) is 3.51.